The van der Waals surface area contributed by atoms with E-state index in [1.54, 1.807) is 6.07 Å². The van der Waals surface area contributed by atoms with E-state index in [1.165, 1.54) is 17.0 Å². The van der Waals surface area contributed by atoms with Crippen molar-refractivity contribution in [2.24, 2.45) is 5.73 Å². The van der Waals surface area contributed by atoms with Crippen molar-refractivity contribution < 1.29 is 9.18 Å². The Balaban J connectivity index is 0.00000128. The molecule has 1 amide bonds. The third-order valence-electron chi connectivity index (χ3n) is 2.37. The molecule has 1 unspecified atom stereocenters. The molecule has 0 aliphatic carbocycles. The van der Waals surface area contributed by atoms with Gasteiger partial charge >= 0.3 is 0 Å². The maximum absolute atomic E-state index is 13.2. The Hall–Kier alpha value is -0.840. The Kier molecular flexibility index (Phi) is 4.13. The SMILES string of the molecule is Cl.NC1CC(=O)N(c2ccc(Cl)c(F)c2)C1. The molecule has 1 aromatic rings. The van der Waals surface area contributed by atoms with Crippen LogP contribution in [0.3, 0.4) is 0 Å². The molecular formula is C10H11Cl2FN2O. The van der Waals surface area contributed by atoms with E-state index in [1.807, 2.05) is 0 Å². The molecule has 0 spiro atoms. The lowest BCUT2D eigenvalue weighted by Crippen LogP contribution is -2.27. The van der Waals surface area contributed by atoms with Gasteiger partial charge in [-0.3, -0.25) is 4.79 Å². The minimum absolute atomic E-state index is 0. The molecule has 0 radical (unpaired) electrons. The van der Waals surface area contributed by atoms with Gasteiger partial charge in [0.25, 0.3) is 0 Å². The second-order valence-electron chi connectivity index (χ2n) is 3.57. The summed E-state index contributed by atoms with van der Waals surface area (Å²) in [6.07, 6.45) is 0.310. The van der Waals surface area contributed by atoms with E-state index < -0.39 is 5.82 Å². The lowest BCUT2D eigenvalue weighted by molar-refractivity contribution is -0.117. The molecule has 1 aliphatic rings. The van der Waals surface area contributed by atoms with Crippen molar-refractivity contribution >= 4 is 35.6 Å². The summed E-state index contributed by atoms with van der Waals surface area (Å²) in [5.74, 6) is -0.605. The molecule has 1 fully saturated rings. The Morgan fingerprint density at radius 1 is 1.50 bits per heavy atom. The molecule has 0 saturated carbocycles. The molecule has 1 aromatic carbocycles. The first-order valence-electron chi connectivity index (χ1n) is 4.59. The number of anilines is 1. The van der Waals surface area contributed by atoms with Crippen molar-refractivity contribution in [1.29, 1.82) is 0 Å². The molecule has 1 aliphatic heterocycles. The van der Waals surface area contributed by atoms with Crippen LogP contribution in [-0.2, 0) is 4.79 Å². The maximum atomic E-state index is 13.2. The largest absolute Gasteiger partial charge is 0.326 e. The first kappa shape index (κ1) is 13.2. The predicted octanol–water partition coefficient (Wildman–Crippen LogP) is 1.96. The van der Waals surface area contributed by atoms with Gasteiger partial charge < -0.3 is 10.6 Å². The minimum atomic E-state index is -0.526. The number of nitrogens with zero attached hydrogens (tertiary/aromatic N) is 1. The number of hydrogen-bond donors (Lipinski definition) is 1. The van der Waals surface area contributed by atoms with Crippen molar-refractivity contribution in [1.82, 2.24) is 0 Å². The van der Waals surface area contributed by atoms with Gasteiger partial charge in [-0.2, -0.15) is 0 Å². The van der Waals surface area contributed by atoms with Crippen LogP contribution in [0.5, 0.6) is 0 Å². The molecule has 1 saturated heterocycles. The van der Waals surface area contributed by atoms with E-state index >= 15 is 0 Å². The highest BCUT2D eigenvalue weighted by atomic mass is 35.5. The highest BCUT2D eigenvalue weighted by Gasteiger charge is 2.28. The van der Waals surface area contributed by atoms with Crippen molar-refractivity contribution in [2.75, 3.05) is 11.4 Å². The van der Waals surface area contributed by atoms with E-state index in [2.05, 4.69) is 0 Å². The van der Waals surface area contributed by atoms with Crippen molar-refractivity contribution in [3.63, 3.8) is 0 Å². The molecule has 3 nitrogen and oxygen atoms in total. The van der Waals surface area contributed by atoms with E-state index in [4.69, 9.17) is 17.3 Å². The van der Waals surface area contributed by atoms with Crippen LogP contribution in [0.15, 0.2) is 18.2 Å². The summed E-state index contributed by atoms with van der Waals surface area (Å²) in [6.45, 7) is 0.430. The zero-order valence-corrected chi connectivity index (χ0v) is 9.89. The zero-order chi connectivity index (χ0) is 11.0. The van der Waals surface area contributed by atoms with Crippen LogP contribution in [0.1, 0.15) is 6.42 Å². The number of carbonyl (C=O) groups excluding carboxylic acids is 1. The van der Waals surface area contributed by atoms with E-state index in [0.717, 1.165) is 0 Å². The number of halogens is 3. The van der Waals surface area contributed by atoms with E-state index in [9.17, 15) is 9.18 Å². The first-order valence-corrected chi connectivity index (χ1v) is 4.96. The third kappa shape index (κ3) is 2.45. The summed E-state index contributed by atoms with van der Waals surface area (Å²) >= 11 is 5.55. The van der Waals surface area contributed by atoms with Gasteiger partial charge in [0.05, 0.1) is 5.02 Å². The smallest absolute Gasteiger partial charge is 0.228 e. The Morgan fingerprint density at radius 2 is 2.19 bits per heavy atom. The van der Waals surface area contributed by atoms with Gasteiger partial charge in [0, 0.05) is 24.7 Å². The molecule has 1 heterocycles. The molecule has 1 atom stereocenters. The van der Waals surface area contributed by atoms with Gasteiger partial charge in [0.1, 0.15) is 5.82 Å². The van der Waals surface area contributed by atoms with Gasteiger partial charge in [-0.15, -0.1) is 12.4 Å². The normalized spacial score (nSPS) is 19.8. The monoisotopic (exact) mass is 264 g/mol. The standard InChI is InChI=1S/C10H10ClFN2O.ClH/c11-8-2-1-7(4-9(8)12)14-5-6(13)3-10(14)15;/h1-2,4,6H,3,5,13H2;1H. The number of rotatable bonds is 1. The molecule has 0 bridgehead atoms. The fourth-order valence-electron chi connectivity index (χ4n) is 1.64. The maximum Gasteiger partial charge on any atom is 0.228 e. The predicted molar refractivity (Wildman–Crippen MR) is 63.6 cm³/mol. The zero-order valence-electron chi connectivity index (χ0n) is 8.32. The fraction of sp³-hybridized carbons (Fsp3) is 0.300. The van der Waals surface area contributed by atoms with Gasteiger partial charge in [-0.05, 0) is 18.2 Å². The van der Waals surface area contributed by atoms with Crippen molar-refractivity contribution in [3.8, 4) is 0 Å². The fourth-order valence-corrected chi connectivity index (χ4v) is 1.76. The van der Waals surface area contributed by atoms with Crippen LogP contribution in [0, 0.1) is 5.82 Å². The summed E-state index contributed by atoms with van der Waals surface area (Å²) in [5, 5.41) is 0.0506. The number of carbonyl (C=O) groups is 1. The highest BCUT2D eigenvalue weighted by Crippen LogP contribution is 2.25. The molecule has 6 heteroatoms. The summed E-state index contributed by atoms with van der Waals surface area (Å²) < 4.78 is 13.2. The second-order valence-corrected chi connectivity index (χ2v) is 3.97. The topological polar surface area (TPSA) is 46.3 Å². The van der Waals surface area contributed by atoms with Crippen molar-refractivity contribution in [2.45, 2.75) is 12.5 Å². The van der Waals surface area contributed by atoms with Gasteiger partial charge in [0.2, 0.25) is 5.91 Å². The van der Waals surface area contributed by atoms with Gasteiger partial charge in [0.15, 0.2) is 0 Å². The average Bonchev–Trinajstić information content (AvgIpc) is 2.50. The number of hydrogen-bond acceptors (Lipinski definition) is 2. The highest BCUT2D eigenvalue weighted by molar-refractivity contribution is 6.30. The number of amides is 1. The minimum Gasteiger partial charge on any atom is -0.326 e. The van der Waals surface area contributed by atoms with Gasteiger partial charge in [-0.1, -0.05) is 11.6 Å². The van der Waals surface area contributed by atoms with Crippen LogP contribution in [0.2, 0.25) is 5.02 Å². The van der Waals surface area contributed by atoms with Gasteiger partial charge in [-0.25, -0.2) is 4.39 Å². The molecule has 2 N–H and O–H groups in total. The average molecular weight is 265 g/mol. The number of benzene rings is 1. The second kappa shape index (κ2) is 4.99. The molecule has 2 rings (SSSR count). The van der Waals surface area contributed by atoms with E-state index in [0.29, 0.717) is 18.7 Å². The quantitative estimate of drug-likeness (QED) is 0.843. The number of nitrogens with two attached hydrogens (primary N) is 1. The summed E-state index contributed by atoms with van der Waals surface area (Å²) in [7, 11) is 0. The third-order valence-corrected chi connectivity index (χ3v) is 2.68. The van der Waals surface area contributed by atoms with Crippen LogP contribution in [-0.4, -0.2) is 18.5 Å². The molecule has 88 valence electrons. The molecular weight excluding hydrogens is 254 g/mol. The Morgan fingerprint density at radius 3 is 2.69 bits per heavy atom. The Bertz CT molecular complexity index is 414. The van der Waals surface area contributed by atoms with Crippen LogP contribution >= 0.6 is 24.0 Å². The lowest BCUT2D eigenvalue weighted by Gasteiger charge is -2.16. The first-order chi connectivity index (χ1) is 7.08. The summed E-state index contributed by atoms with van der Waals surface area (Å²) in [5.41, 5.74) is 6.15. The van der Waals surface area contributed by atoms with Crippen molar-refractivity contribution in [3.05, 3.63) is 29.0 Å². The van der Waals surface area contributed by atoms with E-state index in [-0.39, 0.29) is 29.4 Å². The van der Waals surface area contributed by atoms with Crippen LogP contribution < -0.4 is 10.6 Å². The molecule has 0 aromatic heterocycles. The Labute approximate surface area is 104 Å². The summed E-state index contributed by atoms with van der Waals surface area (Å²) in [6, 6.07) is 4.12. The summed E-state index contributed by atoms with van der Waals surface area (Å²) in [4.78, 5) is 12.9. The molecule has 16 heavy (non-hydrogen) atoms. The lowest BCUT2D eigenvalue weighted by atomic mass is 10.3. The van der Waals surface area contributed by atoms with Crippen LogP contribution in [0.4, 0.5) is 10.1 Å². The van der Waals surface area contributed by atoms with Crippen LogP contribution in [0.25, 0.3) is 0 Å².